The van der Waals surface area contributed by atoms with Gasteiger partial charge in [-0.25, -0.2) is 4.79 Å². The fourth-order valence-electron chi connectivity index (χ4n) is 1.80. The molecule has 0 N–H and O–H groups in total. The number of rotatable bonds is 4. The molecule has 0 radical (unpaired) electrons. The zero-order valence-corrected chi connectivity index (χ0v) is 13.9. The molecule has 0 unspecified atom stereocenters. The molecule has 2 heterocycles. The Morgan fingerprint density at radius 1 is 1.27 bits per heavy atom. The number of carbonyl (C=O) groups excluding carboxylic acids is 1. The number of hydrogen-bond donors (Lipinski definition) is 0. The van der Waals surface area contributed by atoms with Gasteiger partial charge >= 0.3 is 5.97 Å². The molecule has 0 spiro atoms. The summed E-state index contributed by atoms with van der Waals surface area (Å²) in [6.45, 7) is 1.69. The molecule has 1 aromatic carbocycles. The molecule has 3 aromatic rings. The van der Waals surface area contributed by atoms with Gasteiger partial charge in [0.1, 0.15) is 0 Å². The Hall–Kier alpha value is -1.99. The second-order valence-corrected chi connectivity index (χ2v) is 6.25. The fourth-order valence-corrected chi connectivity index (χ4v) is 2.89. The lowest BCUT2D eigenvalue weighted by atomic mass is 10.2. The van der Waals surface area contributed by atoms with Crippen molar-refractivity contribution in [3.05, 3.63) is 57.7 Å². The molecule has 0 aliphatic rings. The Labute approximate surface area is 139 Å². The quantitative estimate of drug-likeness (QED) is 0.626. The Bertz CT molecular complexity index is 786. The van der Waals surface area contributed by atoms with E-state index in [1.807, 2.05) is 23.6 Å². The molecule has 22 heavy (non-hydrogen) atoms. The van der Waals surface area contributed by atoms with Gasteiger partial charge in [-0.2, -0.15) is 0 Å². The van der Waals surface area contributed by atoms with Crippen LogP contribution in [0.1, 0.15) is 29.3 Å². The minimum atomic E-state index is -0.624. The van der Waals surface area contributed by atoms with Crippen LogP contribution in [0.5, 0.6) is 0 Å². The third-order valence-corrected chi connectivity index (χ3v) is 4.45. The van der Waals surface area contributed by atoms with E-state index >= 15 is 0 Å². The number of hydrogen-bond acceptors (Lipinski definition) is 6. The Morgan fingerprint density at radius 3 is 2.82 bits per heavy atom. The molecule has 0 amide bonds. The lowest BCUT2D eigenvalue weighted by Gasteiger charge is -2.10. The van der Waals surface area contributed by atoms with E-state index in [9.17, 15) is 4.79 Å². The summed E-state index contributed by atoms with van der Waals surface area (Å²) in [6.07, 6.45) is -0.624. The summed E-state index contributed by atoms with van der Waals surface area (Å²) in [5.74, 6) is 0.244. The number of thiophene rings is 1. The first-order valence-corrected chi connectivity index (χ1v) is 8.15. The maximum Gasteiger partial charge on any atom is 0.340 e. The largest absolute Gasteiger partial charge is 0.449 e. The summed E-state index contributed by atoms with van der Waals surface area (Å²) >= 11 is 4.83. The predicted molar refractivity (Wildman–Crippen MR) is 85.6 cm³/mol. The van der Waals surface area contributed by atoms with Gasteiger partial charge in [0.15, 0.2) is 6.10 Å². The smallest absolute Gasteiger partial charge is 0.340 e. The van der Waals surface area contributed by atoms with E-state index < -0.39 is 12.1 Å². The van der Waals surface area contributed by atoms with Crippen molar-refractivity contribution in [2.45, 2.75) is 13.0 Å². The van der Waals surface area contributed by atoms with Gasteiger partial charge in [-0.05, 0) is 46.4 Å². The lowest BCUT2D eigenvalue weighted by Crippen LogP contribution is -2.10. The zero-order valence-electron chi connectivity index (χ0n) is 11.5. The molecule has 7 heteroatoms. The number of aromatic nitrogens is 2. The second kappa shape index (κ2) is 6.41. The van der Waals surface area contributed by atoms with Gasteiger partial charge in [0, 0.05) is 4.47 Å². The molecule has 0 saturated heterocycles. The fraction of sp³-hybridized carbons (Fsp3) is 0.133. The highest BCUT2D eigenvalue weighted by molar-refractivity contribution is 9.10. The third-order valence-electron chi connectivity index (χ3n) is 2.90. The van der Waals surface area contributed by atoms with Crippen LogP contribution in [0.15, 0.2) is 50.7 Å². The van der Waals surface area contributed by atoms with Gasteiger partial charge in [-0.1, -0.05) is 18.2 Å². The SMILES string of the molecule is C[C@@H](OC(=O)c1ccccc1Br)c1nnc(-c2cccs2)o1. The van der Waals surface area contributed by atoms with E-state index in [0.717, 1.165) is 4.88 Å². The molecule has 0 fully saturated rings. The van der Waals surface area contributed by atoms with Crippen LogP contribution in [0.4, 0.5) is 0 Å². The van der Waals surface area contributed by atoms with E-state index in [4.69, 9.17) is 9.15 Å². The van der Waals surface area contributed by atoms with Crippen LogP contribution in [-0.4, -0.2) is 16.2 Å². The van der Waals surface area contributed by atoms with Gasteiger partial charge in [-0.3, -0.25) is 0 Å². The Kier molecular flexibility index (Phi) is 4.35. The van der Waals surface area contributed by atoms with Crippen molar-refractivity contribution in [1.29, 1.82) is 0 Å². The van der Waals surface area contributed by atoms with Crippen molar-refractivity contribution in [3.63, 3.8) is 0 Å². The highest BCUT2D eigenvalue weighted by Gasteiger charge is 2.21. The van der Waals surface area contributed by atoms with E-state index in [0.29, 0.717) is 15.9 Å². The number of esters is 1. The van der Waals surface area contributed by atoms with Gasteiger partial charge < -0.3 is 9.15 Å². The summed E-state index contributed by atoms with van der Waals surface area (Å²) in [5.41, 5.74) is 0.451. The molecule has 112 valence electrons. The number of benzene rings is 1. The first-order valence-electron chi connectivity index (χ1n) is 6.48. The molecule has 0 aliphatic carbocycles. The van der Waals surface area contributed by atoms with Crippen LogP contribution in [0, 0.1) is 0 Å². The summed E-state index contributed by atoms with van der Waals surface area (Å²) in [5, 5.41) is 9.84. The molecule has 2 aromatic heterocycles. The molecule has 0 saturated carbocycles. The summed E-state index contributed by atoms with van der Waals surface area (Å²) in [6, 6.07) is 10.9. The standard InChI is InChI=1S/C15H11BrN2O3S/c1-9(20-15(19)10-5-2-3-6-11(10)16)13-17-18-14(21-13)12-7-4-8-22-12/h2-9H,1H3/t9-/m1/s1. The highest BCUT2D eigenvalue weighted by Crippen LogP contribution is 2.26. The predicted octanol–water partition coefficient (Wildman–Crippen LogP) is 4.48. The van der Waals surface area contributed by atoms with Crippen molar-refractivity contribution >= 4 is 33.2 Å². The van der Waals surface area contributed by atoms with Crippen LogP contribution in [0.3, 0.4) is 0 Å². The second-order valence-electron chi connectivity index (χ2n) is 4.45. The molecule has 0 aliphatic heterocycles. The maximum atomic E-state index is 12.1. The molecule has 5 nitrogen and oxygen atoms in total. The summed E-state index contributed by atoms with van der Waals surface area (Å²) < 4.78 is 11.6. The monoisotopic (exact) mass is 378 g/mol. The topological polar surface area (TPSA) is 65.2 Å². The van der Waals surface area contributed by atoms with Crippen LogP contribution < -0.4 is 0 Å². The number of ether oxygens (including phenoxy) is 1. The zero-order chi connectivity index (χ0) is 15.5. The average Bonchev–Trinajstić information content (AvgIpc) is 3.18. The molecular formula is C15H11BrN2O3S. The minimum Gasteiger partial charge on any atom is -0.449 e. The first-order chi connectivity index (χ1) is 10.6. The summed E-state index contributed by atoms with van der Waals surface area (Å²) in [4.78, 5) is 13.0. The van der Waals surface area contributed by atoms with Crippen LogP contribution in [-0.2, 0) is 4.74 Å². The van der Waals surface area contributed by atoms with Gasteiger partial charge in [0.25, 0.3) is 11.8 Å². The number of nitrogens with zero attached hydrogens (tertiary/aromatic N) is 2. The van der Waals surface area contributed by atoms with Crippen LogP contribution in [0.2, 0.25) is 0 Å². The van der Waals surface area contributed by atoms with Gasteiger partial charge in [0.05, 0.1) is 10.4 Å². The van der Waals surface area contributed by atoms with Crippen molar-refractivity contribution in [2.24, 2.45) is 0 Å². The first kappa shape index (κ1) is 14.9. The minimum absolute atomic E-state index is 0.267. The molecule has 1 atom stereocenters. The number of halogens is 1. The number of carbonyl (C=O) groups is 1. The Morgan fingerprint density at radius 2 is 2.09 bits per heavy atom. The van der Waals surface area contributed by atoms with E-state index in [1.54, 1.807) is 25.1 Å². The van der Waals surface area contributed by atoms with Gasteiger partial charge in [-0.15, -0.1) is 21.5 Å². The van der Waals surface area contributed by atoms with Crippen molar-refractivity contribution in [1.82, 2.24) is 10.2 Å². The maximum absolute atomic E-state index is 12.1. The van der Waals surface area contributed by atoms with Gasteiger partial charge in [0.2, 0.25) is 0 Å². The normalized spacial score (nSPS) is 12.1. The lowest BCUT2D eigenvalue weighted by molar-refractivity contribution is 0.0279. The van der Waals surface area contributed by atoms with Crippen molar-refractivity contribution in [3.8, 4) is 10.8 Å². The van der Waals surface area contributed by atoms with E-state index in [1.165, 1.54) is 11.3 Å². The van der Waals surface area contributed by atoms with E-state index in [-0.39, 0.29) is 5.89 Å². The van der Waals surface area contributed by atoms with Crippen molar-refractivity contribution < 1.29 is 13.9 Å². The van der Waals surface area contributed by atoms with Crippen LogP contribution >= 0.6 is 27.3 Å². The highest BCUT2D eigenvalue weighted by atomic mass is 79.9. The Balaban J connectivity index is 1.74. The average molecular weight is 379 g/mol. The third kappa shape index (κ3) is 3.10. The van der Waals surface area contributed by atoms with Crippen molar-refractivity contribution in [2.75, 3.05) is 0 Å². The molecule has 3 rings (SSSR count). The molecule has 0 bridgehead atoms. The summed E-state index contributed by atoms with van der Waals surface area (Å²) in [7, 11) is 0. The van der Waals surface area contributed by atoms with E-state index in [2.05, 4.69) is 26.1 Å². The molecular weight excluding hydrogens is 368 g/mol. The van der Waals surface area contributed by atoms with Crippen LogP contribution in [0.25, 0.3) is 10.8 Å².